The second-order valence-electron chi connectivity index (χ2n) is 3.07. The maximum absolute atomic E-state index is 10.9. The third kappa shape index (κ3) is 3.04. The summed E-state index contributed by atoms with van der Waals surface area (Å²) < 4.78 is 5.31. The first-order valence-electron chi connectivity index (χ1n) is 4.54. The molecule has 0 unspecified atom stereocenters. The lowest BCUT2D eigenvalue weighted by molar-refractivity contribution is -0.116. The van der Waals surface area contributed by atoms with E-state index in [-0.39, 0.29) is 5.78 Å². The molecule has 0 aliphatic rings. The van der Waals surface area contributed by atoms with Gasteiger partial charge in [0.1, 0.15) is 11.5 Å². The molecule has 14 heavy (non-hydrogen) atoms. The summed E-state index contributed by atoms with van der Waals surface area (Å²) in [7, 11) is 0. The molecule has 0 saturated carbocycles. The van der Waals surface area contributed by atoms with Crippen molar-refractivity contribution in [2.24, 2.45) is 0 Å². The van der Waals surface area contributed by atoms with Crippen LogP contribution in [0.3, 0.4) is 0 Å². The van der Waals surface area contributed by atoms with E-state index in [2.05, 4.69) is 0 Å². The molecule has 0 saturated heterocycles. The van der Waals surface area contributed by atoms with Crippen molar-refractivity contribution in [3.63, 3.8) is 0 Å². The molecule has 0 spiro atoms. The van der Waals surface area contributed by atoms with Gasteiger partial charge in [-0.05, 0) is 37.6 Å². The van der Waals surface area contributed by atoms with Crippen LogP contribution in [0, 0.1) is 0 Å². The standard InChI is InChI=1S/C11H13ClO2/c1-3-14-10-4-5-11(12)9(7-10)6-8(2)13/h4-5,7H,3,6H2,1-2H3. The van der Waals surface area contributed by atoms with Gasteiger partial charge in [0.2, 0.25) is 0 Å². The van der Waals surface area contributed by atoms with Crippen LogP contribution < -0.4 is 4.74 Å². The molecule has 0 fully saturated rings. The van der Waals surface area contributed by atoms with Crippen molar-refractivity contribution < 1.29 is 9.53 Å². The predicted octanol–water partition coefficient (Wildman–Crippen LogP) is 2.87. The first kappa shape index (κ1) is 11.1. The lowest BCUT2D eigenvalue weighted by Crippen LogP contribution is -1.98. The summed E-state index contributed by atoms with van der Waals surface area (Å²) in [6, 6.07) is 5.37. The topological polar surface area (TPSA) is 26.3 Å². The predicted molar refractivity (Wildman–Crippen MR) is 57.0 cm³/mol. The second-order valence-corrected chi connectivity index (χ2v) is 3.47. The molecule has 0 amide bonds. The highest BCUT2D eigenvalue weighted by Gasteiger charge is 2.04. The highest BCUT2D eigenvalue weighted by atomic mass is 35.5. The van der Waals surface area contributed by atoms with E-state index in [0.29, 0.717) is 18.1 Å². The smallest absolute Gasteiger partial charge is 0.134 e. The summed E-state index contributed by atoms with van der Waals surface area (Å²) >= 11 is 5.93. The minimum absolute atomic E-state index is 0.0977. The average molecular weight is 213 g/mol. The molecule has 0 radical (unpaired) electrons. The zero-order valence-corrected chi connectivity index (χ0v) is 9.10. The van der Waals surface area contributed by atoms with E-state index in [4.69, 9.17) is 16.3 Å². The van der Waals surface area contributed by atoms with Crippen LogP contribution in [0.25, 0.3) is 0 Å². The van der Waals surface area contributed by atoms with Gasteiger partial charge in [-0.15, -0.1) is 0 Å². The second kappa shape index (κ2) is 5.01. The summed E-state index contributed by atoms with van der Waals surface area (Å²) in [6.45, 7) is 4.07. The Kier molecular flexibility index (Phi) is 3.96. The van der Waals surface area contributed by atoms with E-state index in [0.717, 1.165) is 11.3 Å². The van der Waals surface area contributed by atoms with Crippen molar-refractivity contribution >= 4 is 17.4 Å². The van der Waals surface area contributed by atoms with Crippen molar-refractivity contribution in [2.75, 3.05) is 6.61 Å². The Morgan fingerprint density at radius 1 is 1.50 bits per heavy atom. The maximum Gasteiger partial charge on any atom is 0.134 e. The van der Waals surface area contributed by atoms with Crippen LogP contribution in [-0.4, -0.2) is 12.4 Å². The summed E-state index contributed by atoms with van der Waals surface area (Å²) in [4.78, 5) is 10.9. The van der Waals surface area contributed by atoms with Gasteiger partial charge in [-0.1, -0.05) is 11.6 Å². The number of hydrogen-bond donors (Lipinski definition) is 0. The lowest BCUT2D eigenvalue weighted by Gasteiger charge is -2.06. The van der Waals surface area contributed by atoms with Crippen LogP contribution in [0.5, 0.6) is 5.75 Å². The maximum atomic E-state index is 10.9. The molecule has 0 bridgehead atoms. The van der Waals surface area contributed by atoms with E-state index in [1.165, 1.54) is 0 Å². The van der Waals surface area contributed by atoms with E-state index in [1.807, 2.05) is 13.0 Å². The van der Waals surface area contributed by atoms with Crippen LogP contribution in [0.2, 0.25) is 5.02 Å². The molecular formula is C11H13ClO2. The van der Waals surface area contributed by atoms with Gasteiger partial charge in [0, 0.05) is 11.4 Å². The molecule has 1 rings (SSSR count). The first-order valence-corrected chi connectivity index (χ1v) is 4.92. The Hall–Kier alpha value is -1.02. The summed E-state index contributed by atoms with van der Waals surface area (Å²) in [5, 5.41) is 0.614. The van der Waals surface area contributed by atoms with Crippen LogP contribution in [-0.2, 0) is 11.2 Å². The fourth-order valence-electron chi connectivity index (χ4n) is 1.21. The quantitative estimate of drug-likeness (QED) is 0.767. The largest absolute Gasteiger partial charge is 0.494 e. The number of carbonyl (C=O) groups is 1. The first-order chi connectivity index (χ1) is 6.63. The summed E-state index contributed by atoms with van der Waals surface area (Å²) in [5.41, 5.74) is 0.824. The monoisotopic (exact) mass is 212 g/mol. The van der Waals surface area contributed by atoms with Crippen molar-refractivity contribution in [1.82, 2.24) is 0 Å². The SMILES string of the molecule is CCOc1ccc(Cl)c(CC(C)=O)c1. The minimum Gasteiger partial charge on any atom is -0.494 e. The molecule has 0 N–H and O–H groups in total. The average Bonchev–Trinajstić information content (AvgIpc) is 2.10. The van der Waals surface area contributed by atoms with Crippen molar-refractivity contribution in [1.29, 1.82) is 0 Å². The van der Waals surface area contributed by atoms with Crippen molar-refractivity contribution in [3.05, 3.63) is 28.8 Å². The molecular weight excluding hydrogens is 200 g/mol. The molecule has 0 aliphatic carbocycles. The van der Waals surface area contributed by atoms with Gasteiger partial charge in [-0.2, -0.15) is 0 Å². The number of halogens is 1. The highest BCUT2D eigenvalue weighted by molar-refractivity contribution is 6.31. The third-order valence-electron chi connectivity index (χ3n) is 1.77. The third-order valence-corrected chi connectivity index (χ3v) is 2.14. The van der Waals surface area contributed by atoms with E-state index >= 15 is 0 Å². The van der Waals surface area contributed by atoms with Gasteiger partial charge in [0.25, 0.3) is 0 Å². The van der Waals surface area contributed by atoms with Gasteiger partial charge in [0.15, 0.2) is 0 Å². The minimum atomic E-state index is 0.0977. The molecule has 3 heteroatoms. The lowest BCUT2D eigenvalue weighted by atomic mass is 10.1. The Morgan fingerprint density at radius 3 is 2.79 bits per heavy atom. The summed E-state index contributed by atoms with van der Waals surface area (Å²) in [6.07, 6.45) is 0.361. The number of ether oxygens (including phenoxy) is 1. The number of ketones is 1. The number of hydrogen-bond acceptors (Lipinski definition) is 2. The fraction of sp³-hybridized carbons (Fsp3) is 0.364. The van der Waals surface area contributed by atoms with Gasteiger partial charge >= 0.3 is 0 Å². The molecule has 0 atom stereocenters. The van der Waals surface area contributed by atoms with Crippen LogP contribution in [0.4, 0.5) is 0 Å². The number of Topliss-reactive ketones (excluding diaryl/α,β-unsaturated/α-hetero) is 1. The highest BCUT2D eigenvalue weighted by Crippen LogP contribution is 2.22. The molecule has 0 aromatic heterocycles. The van der Waals surface area contributed by atoms with E-state index in [1.54, 1.807) is 19.1 Å². The van der Waals surface area contributed by atoms with Gasteiger partial charge in [-0.25, -0.2) is 0 Å². The Morgan fingerprint density at radius 2 is 2.21 bits per heavy atom. The van der Waals surface area contributed by atoms with Crippen LogP contribution >= 0.6 is 11.6 Å². The molecule has 76 valence electrons. The molecule has 1 aromatic rings. The van der Waals surface area contributed by atoms with Gasteiger partial charge in [-0.3, -0.25) is 4.79 Å². The zero-order chi connectivity index (χ0) is 10.6. The molecule has 0 aliphatic heterocycles. The Labute approximate surface area is 88.8 Å². The van der Waals surface area contributed by atoms with Crippen LogP contribution in [0.15, 0.2) is 18.2 Å². The Bertz CT molecular complexity index is 334. The van der Waals surface area contributed by atoms with Gasteiger partial charge in [0.05, 0.1) is 6.61 Å². The number of benzene rings is 1. The fourth-order valence-corrected chi connectivity index (χ4v) is 1.40. The van der Waals surface area contributed by atoms with Crippen LogP contribution in [0.1, 0.15) is 19.4 Å². The Balaban J connectivity index is 2.90. The zero-order valence-electron chi connectivity index (χ0n) is 8.34. The summed E-state index contributed by atoms with van der Waals surface area (Å²) in [5.74, 6) is 0.855. The van der Waals surface area contributed by atoms with E-state index < -0.39 is 0 Å². The van der Waals surface area contributed by atoms with Crippen molar-refractivity contribution in [2.45, 2.75) is 20.3 Å². The number of carbonyl (C=O) groups excluding carboxylic acids is 1. The number of rotatable bonds is 4. The molecule has 2 nitrogen and oxygen atoms in total. The molecule has 0 heterocycles. The van der Waals surface area contributed by atoms with Gasteiger partial charge < -0.3 is 4.74 Å². The molecule has 1 aromatic carbocycles. The normalized spacial score (nSPS) is 9.93. The van der Waals surface area contributed by atoms with E-state index in [9.17, 15) is 4.79 Å². The van der Waals surface area contributed by atoms with Crippen molar-refractivity contribution in [3.8, 4) is 5.75 Å².